The van der Waals surface area contributed by atoms with E-state index in [1.165, 1.54) is 16.1 Å². The lowest BCUT2D eigenvalue weighted by Crippen LogP contribution is -2.30. The molecule has 0 fully saturated rings. The van der Waals surface area contributed by atoms with Crippen molar-refractivity contribution in [2.45, 2.75) is 18.5 Å². The van der Waals surface area contributed by atoms with E-state index in [1.807, 2.05) is 41.0 Å². The molecule has 0 amide bonds. The van der Waals surface area contributed by atoms with Gasteiger partial charge in [-0.2, -0.15) is 0 Å². The first-order valence-electron chi connectivity index (χ1n) is 10.8. The number of para-hydroxylation sites is 1. The first kappa shape index (κ1) is 22.4. The fraction of sp³-hybridized carbons (Fsp3) is 0.208. The Morgan fingerprint density at radius 1 is 1.09 bits per heavy atom. The summed E-state index contributed by atoms with van der Waals surface area (Å²) in [5, 5.41) is 9.18. The van der Waals surface area contributed by atoms with Gasteiger partial charge in [-0.15, -0.1) is 10.2 Å². The van der Waals surface area contributed by atoms with Gasteiger partial charge in [0.05, 0.1) is 23.5 Å². The van der Waals surface area contributed by atoms with Gasteiger partial charge in [-0.25, -0.2) is 8.42 Å². The zero-order valence-corrected chi connectivity index (χ0v) is 20.1. The highest BCUT2D eigenvalue weighted by atomic mass is 32.2. The number of aromatic nitrogens is 3. The zero-order valence-electron chi connectivity index (χ0n) is 18.4. The number of nitrogens with zero attached hydrogens (tertiary/aromatic N) is 4. The summed E-state index contributed by atoms with van der Waals surface area (Å²) >= 11 is 1.30. The van der Waals surface area contributed by atoms with Crippen molar-refractivity contribution >= 4 is 33.3 Å². The van der Waals surface area contributed by atoms with Crippen LogP contribution in [0.5, 0.6) is 0 Å². The molecule has 8 nitrogen and oxygen atoms in total. The zero-order chi connectivity index (χ0) is 23.7. The van der Waals surface area contributed by atoms with E-state index in [2.05, 4.69) is 10.2 Å². The summed E-state index contributed by atoms with van der Waals surface area (Å²) in [6.45, 7) is 2.04. The number of carbonyl (C=O) groups is 1. The van der Waals surface area contributed by atoms with Crippen LogP contribution in [-0.4, -0.2) is 47.0 Å². The van der Waals surface area contributed by atoms with Crippen LogP contribution in [-0.2, 0) is 16.4 Å². The highest BCUT2D eigenvalue weighted by molar-refractivity contribution is 7.99. The Balaban J connectivity index is 1.38. The van der Waals surface area contributed by atoms with Crippen LogP contribution >= 0.6 is 11.8 Å². The number of thioether (sulfide) groups is 1. The second-order valence-electron chi connectivity index (χ2n) is 7.73. The number of rotatable bonds is 8. The molecule has 10 heteroatoms. The maximum atomic E-state index is 13.0. The average molecular weight is 495 g/mol. The molecular weight excluding hydrogens is 472 g/mol. The van der Waals surface area contributed by atoms with Gasteiger partial charge < -0.3 is 4.42 Å². The third-order valence-corrected chi connectivity index (χ3v) is 8.39. The van der Waals surface area contributed by atoms with Gasteiger partial charge in [0.25, 0.3) is 0 Å². The van der Waals surface area contributed by atoms with Crippen molar-refractivity contribution in [1.82, 2.24) is 14.8 Å². The second-order valence-corrected chi connectivity index (χ2v) is 10.9. The molecule has 0 bridgehead atoms. The van der Waals surface area contributed by atoms with Gasteiger partial charge >= 0.3 is 0 Å². The quantitative estimate of drug-likeness (QED) is 0.267. The van der Waals surface area contributed by atoms with Gasteiger partial charge in [-0.05, 0) is 61.4 Å². The summed E-state index contributed by atoms with van der Waals surface area (Å²) in [7, 11) is -3.32. The lowest BCUT2D eigenvalue weighted by Gasteiger charge is -2.18. The highest BCUT2D eigenvalue weighted by Crippen LogP contribution is 2.32. The maximum Gasteiger partial charge on any atom is 0.234 e. The number of fused-ring (bicyclic) bond motifs is 1. The van der Waals surface area contributed by atoms with Gasteiger partial charge in [-0.3, -0.25) is 13.7 Å². The summed E-state index contributed by atoms with van der Waals surface area (Å²) in [5.41, 5.74) is 2.96. The van der Waals surface area contributed by atoms with Crippen LogP contribution in [0.3, 0.4) is 0 Å². The van der Waals surface area contributed by atoms with E-state index in [4.69, 9.17) is 4.42 Å². The molecule has 1 aliphatic heterocycles. The van der Waals surface area contributed by atoms with Crippen molar-refractivity contribution in [3.63, 3.8) is 0 Å². The molecule has 2 aromatic heterocycles. The molecule has 0 N–H and O–H groups in total. The predicted octanol–water partition coefficient (Wildman–Crippen LogP) is 4.21. The van der Waals surface area contributed by atoms with Crippen molar-refractivity contribution in [3.8, 4) is 17.3 Å². The Bertz CT molecular complexity index is 1430. The minimum atomic E-state index is -3.32. The molecule has 0 radical (unpaired) electrons. The molecule has 0 saturated heterocycles. The van der Waals surface area contributed by atoms with Crippen molar-refractivity contribution in [3.05, 3.63) is 78.1 Å². The fourth-order valence-electron chi connectivity index (χ4n) is 3.94. The standard InChI is InChI=1S/C24H22N4O4S2/c1-2-34(30,31)27-13-12-17-15-18(10-11-20(17)27)21(29)16-33-24-26-25-23(22-9-6-14-32-22)28(24)19-7-4-3-5-8-19/h3-11,14-15H,2,12-13,16H2,1H3. The first-order chi connectivity index (χ1) is 16.5. The normalized spacial score (nSPS) is 13.3. The van der Waals surface area contributed by atoms with Crippen LogP contribution in [0.1, 0.15) is 22.8 Å². The number of benzene rings is 2. The van der Waals surface area contributed by atoms with E-state index in [1.54, 1.807) is 37.5 Å². The minimum absolute atomic E-state index is 0.0475. The fourth-order valence-corrected chi connectivity index (χ4v) is 5.95. The smallest absolute Gasteiger partial charge is 0.234 e. The van der Waals surface area contributed by atoms with Crippen molar-refractivity contribution in [2.24, 2.45) is 0 Å². The van der Waals surface area contributed by atoms with E-state index >= 15 is 0 Å². The number of sulfonamides is 1. The first-order valence-corrected chi connectivity index (χ1v) is 13.4. The van der Waals surface area contributed by atoms with Gasteiger partial charge in [0, 0.05) is 17.8 Å². The Kier molecular flexibility index (Phi) is 6.01. The number of carbonyl (C=O) groups excluding carboxylic acids is 1. The number of furan rings is 1. The number of hydrogen-bond donors (Lipinski definition) is 0. The Morgan fingerprint density at radius 2 is 1.91 bits per heavy atom. The summed E-state index contributed by atoms with van der Waals surface area (Å²) < 4.78 is 33.5. The molecule has 4 aromatic rings. The largest absolute Gasteiger partial charge is 0.461 e. The topological polar surface area (TPSA) is 98.3 Å². The van der Waals surface area contributed by atoms with E-state index in [0.717, 1.165) is 11.3 Å². The lowest BCUT2D eigenvalue weighted by atomic mass is 10.1. The number of Topliss-reactive ketones (excluding diaryl/α,β-unsaturated/α-hetero) is 1. The van der Waals surface area contributed by atoms with Crippen molar-refractivity contribution < 1.29 is 17.6 Å². The van der Waals surface area contributed by atoms with Crippen LogP contribution in [0.15, 0.2) is 76.5 Å². The van der Waals surface area contributed by atoms with Crippen LogP contribution < -0.4 is 4.31 Å². The molecule has 0 spiro atoms. The van der Waals surface area contributed by atoms with Gasteiger partial charge in [0.15, 0.2) is 16.7 Å². The summed E-state index contributed by atoms with van der Waals surface area (Å²) in [5.74, 6) is 1.29. The average Bonchev–Trinajstić information content (AvgIpc) is 3.62. The molecule has 1 aliphatic rings. The Labute approximate surface area is 201 Å². The molecule has 0 saturated carbocycles. The lowest BCUT2D eigenvalue weighted by molar-refractivity contribution is 0.102. The molecule has 0 unspecified atom stereocenters. The van der Waals surface area contributed by atoms with Gasteiger partial charge in [0.2, 0.25) is 15.8 Å². The summed E-state index contributed by atoms with van der Waals surface area (Å²) in [4.78, 5) is 13.0. The van der Waals surface area contributed by atoms with E-state index < -0.39 is 10.0 Å². The predicted molar refractivity (Wildman–Crippen MR) is 131 cm³/mol. The van der Waals surface area contributed by atoms with Crippen LogP contribution in [0.25, 0.3) is 17.3 Å². The third kappa shape index (κ3) is 4.14. The molecule has 2 aromatic carbocycles. The molecule has 5 rings (SSSR count). The van der Waals surface area contributed by atoms with Crippen LogP contribution in [0.4, 0.5) is 5.69 Å². The van der Waals surface area contributed by atoms with Crippen molar-refractivity contribution in [2.75, 3.05) is 22.4 Å². The maximum absolute atomic E-state index is 13.0. The van der Waals surface area contributed by atoms with E-state index in [9.17, 15) is 13.2 Å². The molecule has 34 heavy (non-hydrogen) atoms. The number of ketones is 1. The molecular formula is C24H22N4O4S2. The Morgan fingerprint density at radius 3 is 2.65 bits per heavy atom. The monoisotopic (exact) mass is 494 g/mol. The molecule has 3 heterocycles. The van der Waals surface area contributed by atoms with E-state index in [0.29, 0.717) is 41.0 Å². The van der Waals surface area contributed by atoms with Crippen LogP contribution in [0.2, 0.25) is 0 Å². The third-order valence-electron chi connectivity index (χ3n) is 5.68. The SMILES string of the molecule is CCS(=O)(=O)N1CCc2cc(C(=O)CSc3nnc(-c4ccco4)n3-c3ccccc3)ccc21. The molecule has 0 atom stereocenters. The van der Waals surface area contributed by atoms with Crippen LogP contribution in [0, 0.1) is 0 Å². The second kappa shape index (κ2) is 9.11. The Hall–Kier alpha value is -3.37. The van der Waals surface area contributed by atoms with E-state index in [-0.39, 0.29) is 17.3 Å². The minimum Gasteiger partial charge on any atom is -0.461 e. The molecule has 174 valence electrons. The van der Waals surface area contributed by atoms with Crippen molar-refractivity contribution in [1.29, 1.82) is 0 Å². The van der Waals surface area contributed by atoms with Gasteiger partial charge in [-0.1, -0.05) is 30.0 Å². The summed E-state index contributed by atoms with van der Waals surface area (Å²) in [6.07, 6.45) is 2.17. The number of anilines is 1. The highest BCUT2D eigenvalue weighted by Gasteiger charge is 2.28. The molecule has 0 aliphatic carbocycles. The number of hydrogen-bond acceptors (Lipinski definition) is 7. The van der Waals surface area contributed by atoms with Gasteiger partial charge in [0.1, 0.15) is 0 Å². The summed E-state index contributed by atoms with van der Waals surface area (Å²) in [6, 6.07) is 18.5.